The van der Waals surface area contributed by atoms with E-state index in [1.54, 1.807) is 0 Å². The van der Waals surface area contributed by atoms with E-state index < -0.39 is 0 Å². The molecule has 1 aliphatic rings. The summed E-state index contributed by atoms with van der Waals surface area (Å²) in [4.78, 5) is 2.33. The predicted molar refractivity (Wildman–Crippen MR) is 57.3 cm³/mol. The Balaban J connectivity index is 2.45. The Hall–Kier alpha value is -0.120. The van der Waals surface area contributed by atoms with Crippen molar-refractivity contribution in [3.05, 3.63) is 0 Å². The molecule has 0 aromatic rings. The van der Waals surface area contributed by atoms with E-state index in [0.29, 0.717) is 12.6 Å². The van der Waals surface area contributed by atoms with Crippen LogP contribution < -0.4 is 0 Å². The van der Waals surface area contributed by atoms with Crippen LogP contribution in [0.1, 0.15) is 34.1 Å². The number of rotatable bonds is 4. The Morgan fingerprint density at radius 2 is 2.00 bits per heavy atom. The van der Waals surface area contributed by atoms with Crippen LogP contribution in [0.2, 0.25) is 0 Å². The lowest BCUT2D eigenvalue weighted by atomic mass is 10.1. The molecule has 3 nitrogen and oxygen atoms in total. The molecule has 0 spiro atoms. The molecule has 0 aliphatic carbocycles. The highest BCUT2D eigenvalue weighted by atomic mass is 16.5. The second-order valence-corrected chi connectivity index (χ2v) is 4.64. The molecule has 84 valence electrons. The lowest BCUT2D eigenvalue weighted by Crippen LogP contribution is -2.43. The molecule has 0 aromatic heterocycles. The average molecular weight is 201 g/mol. The van der Waals surface area contributed by atoms with E-state index in [9.17, 15) is 5.11 Å². The van der Waals surface area contributed by atoms with Crippen molar-refractivity contribution in [2.24, 2.45) is 0 Å². The number of nitrogens with zero attached hydrogens (tertiary/aromatic N) is 1. The van der Waals surface area contributed by atoms with Crippen LogP contribution in [0.5, 0.6) is 0 Å². The molecule has 2 atom stereocenters. The molecule has 1 heterocycles. The first-order valence-electron chi connectivity index (χ1n) is 5.57. The number of ether oxygens (including phenoxy) is 1. The smallest absolute Gasteiger partial charge is 0.0730 e. The van der Waals surface area contributed by atoms with Gasteiger partial charge in [0.25, 0.3) is 0 Å². The van der Waals surface area contributed by atoms with E-state index in [1.807, 2.05) is 13.8 Å². The van der Waals surface area contributed by atoms with Gasteiger partial charge in [0.15, 0.2) is 0 Å². The quantitative estimate of drug-likeness (QED) is 0.743. The molecule has 2 unspecified atom stereocenters. The first kappa shape index (κ1) is 12.0. The molecule has 0 radical (unpaired) electrons. The van der Waals surface area contributed by atoms with Crippen molar-refractivity contribution in [1.29, 1.82) is 0 Å². The number of aliphatic hydroxyl groups excluding tert-OH is 1. The van der Waals surface area contributed by atoms with E-state index in [0.717, 1.165) is 13.0 Å². The van der Waals surface area contributed by atoms with Gasteiger partial charge in [0, 0.05) is 12.6 Å². The van der Waals surface area contributed by atoms with Crippen molar-refractivity contribution < 1.29 is 9.84 Å². The summed E-state index contributed by atoms with van der Waals surface area (Å²) < 4.78 is 5.57. The first-order valence-corrected chi connectivity index (χ1v) is 5.57. The van der Waals surface area contributed by atoms with Gasteiger partial charge in [0.2, 0.25) is 0 Å². The third-order valence-electron chi connectivity index (χ3n) is 2.82. The van der Waals surface area contributed by atoms with Crippen LogP contribution in [0.4, 0.5) is 0 Å². The molecular weight excluding hydrogens is 178 g/mol. The average Bonchev–Trinajstić information content (AvgIpc) is 2.43. The van der Waals surface area contributed by atoms with E-state index in [2.05, 4.69) is 18.7 Å². The van der Waals surface area contributed by atoms with Gasteiger partial charge < -0.3 is 9.84 Å². The highest BCUT2D eigenvalue weighted by Crippen LogP contribution is 2.21. The lowest BCUT2D eigenvalue weighted by molar-refractivity contribution is -0.00330. The number of likely N-dealkylation sites (tertiary alicyclic amines) is 1. The molecule has 0 saturated carbocycles. The van der Waals surface area contributed by atoms with Crippen LogP contribution in [0.25, 0.3) is 0 Å². The van der Waals surface area contributed by atoms with Crippen LogP contribution in [0.15, 0.2) is 0 Å². The van der Waals surface area contributed by atoms with Crippen LogP contribution in [0.3, 0.4) is 0 Å². The minimum absolute atomic E-state index is 0.192. The van der Waals surface area contributed by atoms with Gasteiger partial charge >= 0.3 is 0 Å². The molecule has 1 saturated heterocycles. The fourth-order valence-electron chi connectivity index (χ4n) is 2.00. The van der Waals surface area contributed by atoms with Crippen molar-refractivity contribution in [2.75, 3.05) is 13.2 Å². The fourth-order valence-corrected chi connectivity index (χ4v) is 2.00. The van der Waals surface area contributed by atoms with E-state index in [-0.39, 0.29) is 18.2 Å². The molecule has 14 heavy (non-hydrogen) atoms. The second kappa shape index (κ2) is 5.10. The van der Waals surface area contributed by atoms with Crippen LogP contribution in [-0.2, 0) is 4.74 Å². The zero-order valence-corrected chi connectivity index (χ0v) is 9.73. The van der Waals surface area contributed by atoms with Crippen LogP contribution in [0, 0.1) is 0 Å². The Labute approximate surface area is 87.1 Å². The van der Waals surface area contributed by atoms with Crippen molar-refractivity contribution in [2.45, 2.75) is 58.4 Å². The van der Waals surface area contributed by atoms with Gasteiger partial charge in [-0.2, -0.15) is 0 Å². The van der Waals surface area contributed by atoms with Gasteiger partial charge in [0.1, 0.15) is 0 Å². The maximum Gasteiger partial charge on any atom is 0.0730 e. The Kier molecular flexibility index (Phi) is 4.35. The normalized spacial score (nSPS) is 29.4. The van der Waals surface area contributed by atoms with E-state index in [4.69, 9.17) is 4.74 Å². The number of hydrogen-bond donors (Lipinski definition) is 1. The molecule has 3 heteroatoms. The van der Waals surface area contributed by atoms with Gasteiger partial charge in [-0.1, -0.05) is 0 Å². The highest BCUT2D eigenvalue weighted by Gasteiger charge is 2.34. The molecular formula is C11H23NO2. The fraction of sp³-hybridized carbons (Fsp3) is 1.00. The molecule has 0 bridgehead atoms. The van der Waals surface area contributed by atoms with E-state index >= 15 is 0 Å². The van der Waals surface area contributed by atoms with Crippen molar-refractivity contribution >= 4 is 0 Å². The van der Waals surface area contributed by atoms with Gasteiger partial charge in [0.05, 0.1) is 24.9 Å². The largest absolute Gasteiger partial charge is 0.391 e. The van der Waals surface area contributed by atoms with Gasteiger partial charge in [-0.3, -0.25) is 4.90 Å². The van der Waals surface area contributed by atoms with Crippen molar-refractivity contribution in [3.63, 3.8) is 0 Å². The summed E-state index contributed by atoms with van der Waals surface area (Å²) in [6, 6.07) is 0.685. The van der Waals surface area contributed by atoms with Gasteiger partial charge in [-0.05, 0) is 34.1 Å². The Bertz CT molecular complexity index is 171. The maximum absolute atomic E-state index is 9.80. The highest BCUT2D eigenvalue weighted by molar-refractivity contribution is 4.88. The third kappa shape index (κ3) is 2.94. The van der Waals surface area contributed by atoms with E-state index in [1.165, 1.54) is 0 Å². The zero-order valence-electron chi connectivity index (χ0n) is 9.73. The lowest BCUT2D eigenvalue weighted by Gasteiger charge is -2.29. The molecule has 1 rings (SSSR count). The molecule has 0 aromatic carbocycles. The standard InChI is InChI=1S/C11H23NO2/c1-8(2)12-6-5-11(13)10(12)7-14-9(3)4/h8-11,13H,5-7H2,1-4H3. The first-order chi connectivity index (χ1) is 6.52. The van der Waals surface area contributed by atoms with Crippen LogP contribution >= 0.6 is 0 Å². The summed E-state index contributed by atoms with van der Waals surface area (Å²) in [6.07, 6.45) is 0.914. The number of aliphatic hydroxyl groups is 1. The monoisotopic (exact) mass is 201 g/mol. The zero-order chi connectivity index (χ0) is 10.7. The molecule has 1 aliphatic heterocycles. The minimum Gasteiger partial charge on any atom is -0.391 e. The number of hydrogen-bond acceptors (Lipinski definition) is 3. The van der Waals surface area contributed by atoms with Crippen molar-refractivity contribution in [3.8, 4) is 0 Å². The van der Waals surface area contributed by atoms with Gasteiger partial charge in [-0.15, -0.1) is 0 Å². The topological polar surface area (TPSA) is 32.7 Å². The van der Waals surface area contributed by atoms with Crippen LogP contribution in [-0.4, -0.2) is 47.4 Å². The van der Waals surface area contributed by atoms with Gasteiger partial charge in [-0.25, -0.2) is 0 Å². The second-order valence-electron chi connectivity index (χ2n) is 4.64. The summed E-state index contributed by atoms with van der Waals surface area (Å²) in [6.45, 7) is 10.0. The summed E-state index contributed by atoms with van der Waals surface area (Å²) in [7, 11) is 0. The summed E-state index contributed by atoms with van der Waals surface area (Å²) in [5.41, 5.74) is 0. The predicted octanol–water partition coefficient (Wildman–Crippen LogP) is 1.25. The third-order valence-corrected chi connectivity index (χ3v) is 2.82. The molecule has 0 amide bonds. The Morgan fingerprint density at radius 1 is 1.36 bits per heavy atom. The maximum atomic E-state index is 9.80. The SMILES string of the molecule is CC(C)OCC1C(O)CCN1C(C)C. The summed E-state index contributed by atoms with van der Waals surface area (Å²) >= 11 is 0. The molecule has 1 fully saturated rings. The Morgan fingerprint density at radius 3 is 2.50 bits per heavy atom. The minimum atomic E-state index is -0.212. The summed E-state index contributed by atoms with van der Waals surface area (Å²) in [5, 5.41) is 9.80. The molecule has 1 N–H and O–H groups in total. The van der Waals surface area contributed by atoms with Crippen molar-refractivity contribution in [1.82, 2.24) is 4.90 Å². The summed E-state index contributed by atoms with van der Waals surface area (Å²) in [5.74, 6) is 0.